The zero-order valence-electron chi connectivity index (χ0n) is 9.79. The molecule has 8 nitrogen and oxygen atoms in total. The van der Waals surface area contributed by atoms with Gasteiger partial charge in [0.05, 0.1) is 4.92 Å². The highest BCUT2D eigenvalue weighted by Crippen LogP contribution is 2.36. The molecule has 2 N–H and O–H groups in total. The highest BCUT2D eigenvalue weighted by atomic mass is 16.6. The van der Waals surface area contributed by atoms with Crippen molar-refractivity contribution in [2.75, 3.05) is 5.32 Å². The van der Waals surface area contributed by atoms with Crippen LogP contribution in [0, 0.1) is 21.4 Å². The molecule has 1 saturated carbocycles. The van der Waals surface area contributed by atoms with Gasteiger partial charge in [0, 0.05) is 6.07 Å². The third kappa shape index (κ3) is 2.18. The molecule has 0 radical (unpaired) electrons. The maximum atomic E-state index is 11.2. The van der Waals surface area contributed by atoms with E-state index in [-0.39, 0.29) is 17.1 Å². The van der Waals surface area contributed by atoms with Crippen molar-refractivity contribution in [3.8, 4) is 6.07 Å². The van der Waals surface area contributed by atoms with Gasteiger partial charge in [0.2, 0.25) is 0 Å². The van der Waals surface area contributed by atoms with Crippen LogP contribution < -0.4 is 5.32 Å². The second kappa shape index (κ2) is 4.53. The average molecular weight is 262 g/mol. The lowest BCUT2D eigenvalue weighted by atomic mass is 9.76. The van der Waals surface area contributed by atoms with E-state index < -0.39 is 16.4 Å². The normalized spacial score (nSPS) is 15.9. The first-order valence-corrected chi connectivity index (χ1v) is 5.55. The topological polar surface area (TPSA) is 129 Å². The molecule has 0 amide bonds. The molecule has 0 unspecified atom stereocenters. The number of anilines is 1. The van der Waals surface area contributed by atoms with Gasteiger partial charge in [0.15, 0.2) is 0 Å². The summed E-state index contributed by atoms with van der Waals surface area (Å²) in [6.45, 7) is 0. The molecular weight excluding hydrogens is 252 g/mol. The van der Waals surface area contributed by atoms with E-state index in [1.165, 1.54) is 0 Å². The first-order valence-electron chi connectivity index (χ1n) is 5.55. The Morgan fingerprint density at radius 2 is 2.32 bits per heavy atom. The van der Waals surface area contributed by atoms with Crippen LogP contribution in [0.5, 0.6) is 0 Å². The Balaban J connectivity index is 2.33. The van der Waals surface area contributed by atoms with Gasteiger partial charge in [-0.15, -0.1) is 0 Å². The van der Waals surface area contributed by atoms with Crippen LogP contribution >= 0.6 is 0 Å². The van der Waals surface area contributed by atoms with Gasteiger partial charge in [0.25, 0.3) is 5.69 Å². The summed E-state index contributed by atoms with van der Waals surface area (Å²) in [7, 11) is 0. The SMILES string of the molecule is N#Cc1cc([N+](=O)[O-])cnc1NC1(C(=O)O)CCC1. The molecule has 1 fully saturated rings. The van der Waals surface area contributed by atoms with E-state index >= 15 is 0 Å². The molecule has 1 heterocycles. The minimum Gasteiger partial charge on any atom is -0.480 e. The number of hydrogen-bond donors (Lipinski definition) is 2. The molecule has 2 rings (SSSR count). The maximum Gasteiger partial charge on any atom is 0.329 e. The molecule has 0 saturated heterocycles. The van der Waals surface area contributed by atoms with Crippen LogP contribution in [0.4, 0.5) is 11.5 Å². The van der Waals surface area contributed by atoms with Crippen molar-refractivity contribution in [3.05, 3.63) is 27.9 Å². The fourth-order valence-corrected chi connectivity index (χ4v) is 1.89. The predicted octanol–water partition coefficient (Wildman–Crippen LogP) is 1.28. The molecule has 1 aliphatic carbocycles. The minimum atomic E-state index is -1.12. The van der Waals surface area contributed by atoms with E-state index in [2.05, 4.69) is 10.3 Å². The maximum absolute atomic E-state index is 11.2. The molecule has 0 atom stereocenters. The van der Waals surface area contributed by atoms with Gasteiger partial charge in [-0.3, -0.25) is 10.1 Å². The lowest BCUT2D eigenvalue weighted by molar-refractivity contribution is -0.385. The van der Waals surface area contributed by atoms with E-state index in [1.54, 1.807) is 6.07 Å². The number of nitro groups is 1. The summed E-state index contributed by atoms with van der Waals surface area (Å²) in [5, 5.41) is 31.4. The monoisotopic (exact) mass is 262 g/mol. The van der Waals surface area contributed by atoms with Crippen molar-refractivity contribution in [2.24, 2.45) is 0 Å². The lowest BCUT2D eigenvalue weighted by Gasteiger charge is -2.38. The van der Waals surface area contributed by atoms with Crippen LogP contribution in [0.25, 0.3) is 0 Å². The van der Waals surface area contributed by atoms with Crippen molar-refractivity contribution in [3.63, 3.8) is 0 Å². The van der Waals surface area contributed by atoms with Gasteiger partial charge in [0.1, 0.15) is 29.2 Å². The van der Waals surface area contributed by atoms with Crippen molar-refractivity contribution in [1.29, 1.82) is 5.26 Å². The molecular formula is C11H10N4O4. The molecule has 1 aromatic heterocycles. The fourth-order valence-electron chi connectivity index (χ4n) is 1.89. The summed E-state index contributed by atoms with van der Waals surface area (Å²) in [6, 6.07) is 2.85. The lowest BCUT2D eigenvalue weighted by Crippen LogP contribution is -2.52. The van der Waals surface area contributed by atoms with E-state index in [0.29, 0.717) is 12.8 Å². The average Bonchev–Trinajstić information content (AvgIpc) is 2.33. The second-order valence-corrected chi connectivity index (χ2v) is 4.32. The van der Waals surface area contributed by atoms with E-state index in [1.807, 2.05) is 0 Å². The van der Waals surface area contributed by atoms with Gasteiger partial charge < -0.3 is 10.4 Å². The van der Waals surface area contributed by atoms with E-state index in [0.717, 1.165) is 18.7 Å². The third-order valence-electron chi connectivity index (χ3n) is 3.18. The number of pyridine rings is 1. The predicted molar refractivity (Wildman–Crippen MR) is 63.4 cm³/mol. The van der Waals surface area contributed by atoms with Gasteiger partial charge in [-0.1, -0.05) is 0 Å². The number of rotatable bonds is 4. The molecule has 0 bridgehead atoms. The van der Waals surface area contributed by atoms with E-state index in [4.69, 9.17) is 5.26 Å². The number of carboxylic acid groups (broad SMARTS) is 1. The Bertz CT molecular complexity index is 589. The summed E-state index contributed by atoms with van der Waals surface area (Å²) in [5.74, 6) is -0.946. The summed E-state index contributed by atoms with van der Waals surface area (Å²) in [6.07, 6.45) is 2.64. The van der Waals surface area contributed by atoms with Gasteiger partial charge >= 0.3 is 5.97 Å². The Labute approximate surface area is 107 Å². The molecule has 1 aromatic rings. The van der Waals surface area contributed by atoms with Crippen LogP contribution in [-0.2, 0) is 4.79 Å². The number of carboxylic acids is 1. The Morgan fingerprint density at radius 3 is 2.74 bits per heavy atom. The smallest absolute Gasteiger partial charge is 0.329 e. The highest BCUT2D eigenvalue weighted by Gasteiger charge is 2.45. The Kier molecular flexibility index (Phi) is 3.04. The third-order valence-corrected chi connectivity index (χ3v) is 3.18. The summed E-state index contributed by atoms with van der Waals surface area (Å²) >= 11 is 0. The first-order chi connectivity index (χ1) is 8.98. The van der Waals surface area contributed by atoms with Gasteiger partial charge in [-0.2, -0.15) is 5.26 Å². The number of nitrogens with zero attached hydrogens (tertiary/aromatic N) is 3. The molecule has 19 heavy (non-hydrogen) atoms. The number of carbonyl (C=O) groups is 1. The zero-order chi connectivity index (χ0) is 14.0. The first kappa shape index (κ1) is 12.8. The second-order valence-electron chi connectivity index (χ2n) is 4.32. The summed E-state index contributed by atoms with van der Waals surface area (Å²) in [5.41, 5.74) is -1.46. The van der Waals surface area contributed by atoms with Crippen LogP contribution in [0.2, 0.25) is 0 Å². The molecule has 0 aromatic carbocycles. The molecule has 0 spiro atoms. The van der Waals surface area contributed by atoms with E-state index in [9.17, 15) is 20.0 Å². The minimum absolute atomic E-state index is 0.0401. The van der Waals surface area contributed by atoms with Gasteiger partial charge in [-0.25, -0.2) is 9.78 Å². The summed E-state index contributed by atoms with van der Waals surface area (Å²) in [4.78, 5) is 24.9. The molecule has 0 aliphatic heterocycles. The Hall–Kier alpha value is -2.69. The fraction of sp³-hybridized carbons (Fsp3) is 0.364. The van der Waals surface area contributed by atoms with Crippen molar-refractivity contribution in [1.82, 2.24) is 4.98 Å². The number of nitriles is 1. The van der Waals surface area contributed by atoms with Crippen LogP contribution in [0.15, 0.2) is 12.3 Å². The number of aromatic nitrogens is 1. The quantitative estimate of drug-likeness (QED) is 0.617. The van der Waals surface area contributed by atoms with Crippen molar-refractivity contribution >= 4 is 17.5 Å². The van der Waals surface area contributed by atoms with Crippen molar-refractivity contribution < 1.29 is 14.8 Å². The zero-order valence-corrected chi connectivity index (χ0v) is 9.79. The van der Waals surface area contributed by atoms with Crippen LogP contribution in [0.3, 0.4) is 0 Å². The number of hydrogen-bond acceptors (Lipinski definition) is 6. The van der Waals surface area contributed by atoms with Crippen LogP contribution in [0.1, 0.15) is 24.8 Å². The highest BCUT2D eigenvalue weighted by molar-refractivity contribution is 5.84. The molecule has 1 aliphatic rings. The number of aliphatic carboxylic acids is 1. The number of nitrogens with one attached hydrogen (secondary N) is 1. The molecule has 98 valence electrons. The van der Waals surface area contributed by atoms with Crippen LogP contribution in [-0.4, -0.2) is 26.5 Å². The Morgan fingerprint density at radius 1 is 1.63 bits per heavy atom. The van der Waals surface area contributed by atoms with Gasteiger partial charge in [-0.05, 0) is 19.3 Å². The molecule has 8 heteroatoms. The standard InChI is InChI=1S/C11H10N4O4/c12-5-7-4-8(15(18)19)6-13-9(7)14-11(10(16)17)2-1-3-11/h4,6H,1-3H2,(H,13,14)(H,16,17). The summed E-state index contributed by atoms with van der Waals surface area (Å²) < 4.78 is 0. The van der Waals surface area contributed by atoms with Crippen molar-refractivity contribution in [2.45, 2.75) is 24.8 Å². The largest absolute Gasteiger partial charge is 0.480 e.